The predicted molar refractivity (Wildman–Crippen MR) is 116 cm³/mol. The van der Waals surface area contributed by atoms with E-state index in [1.165, 1.54) is 12.2 Å². The molecule has 0 saturated carbocycles. The molecule has 0 radical (unpaired) electrons. The van der Waals surface area contributed by atoms with E-state index in [0.717, 1.165) is 10.5 Å². The van der Waals surface area contributed by atoms with Crippen LogP contribution in [0.4, 0.5) is 0 Å². The molecule has 1 saturated heterocycles. The van der Waals surface area contributed by atoms with Gasteiger partial charge in [0, 0.05) is 43.5 Å². The minimum Gasteiger partial charge on any atom is -0.352 e. The fourth-order valence-electron chi connectivity index (χ4n) is 3.21. The first-order valence-electron chi connectivity index (χ1n) is 10.3. The number of amides is 5. The molecule has 2 aliphatic heterocycles. The van der Waals surface area contributed by atoms with Gasteiger partial charge in [-0.25, -0.2) is 4.79 Å². The van der Waals surface area contributed by atoms with Gasteiger partial charge in [0.15, 0.2) is 0 Å². The van der Waals surface area contributed by atoms with Gasteiger partial charge in [0.25, 0.3) is 29.5 Å². The van der Waals surface area contributed by atoms with Crippen molar-refractivity contribution < 1.29 is 33.6 Å². The highest BCUT2D eigenvalue weighted by Crippen LogP contribution is 2.14. The number of benzene rings is 1. The van der Waals surface area contributed by atoms with Crippen LogP contribution >= 0.6 is 0 Å². The molecule has 0 atom stereocenters. The van der Waals surface area contributed by atoms with Crippen LogP contribution in [-0.2, 0) is 35.4 Å². The highest BCUT2D eigenvalue weighted by Gasteiger charge is 2.32. The van der Waals surface area contributed by atoms with E-state index in [1.807, 2.05) is 0 Å². The van der Waals surface area contributed by atoms with Gasteiger partial charge in [-0.15, -0.1) is 5.06 Å². The standard InChI is InChI=1S/C22H23N3O7.CH4/c26-17-9-10-18(27)24(17)14-15-5-7-16(8-6-15)22(31)23-13-3-1-2-4-21(30)32-25-19(28)11-12-20(25)29;/h5-10H,1-4,11-14H2,(H,23,31);1H4. The first-order valence-corrected chi connectivity index (χ1v) is 10.3. The summed E-state index contributed by atoms with van der Waals surface area (Å²) in [6, 6.07) is 6.63. The average Bonchev–Trinajstić information content (AvgIpc) is 3.26. The third-order valence-electron chi connectivity index (χ3n) is 5.00. The second kappa shape index (κ2) is 11.7. The van der Waals surface area contributed by atoms with E-state index in [-0.39, 0.29) is 51.0 Å². The van der Waals surface area contributed by atoms with Crippen LogP contribution < -0.4 is 5.32 Å². The summed E-state index contributed by atoms with van der Waals surface area (Å²) in [6.07, 6.45) is 4.44. The van der Waals surface area contributed by atoms with Gasteiger partial charge in [-0.3, -0.25) is 28.9 Å². The Morgan fingerprint density at radius 3 is 2.09 bits per heavy atom. The van der Waals surface area contributed by atoms with Crippen LogP contribution in [0.15, 0.2) is 36.4 Å². The lowest BCUT2D eigenvalue weighted by Gasteiger charge is -2.14. The minimum absolute atomic E-state index is 0. The summed E-state index contributed by atoms with van der Waals surface area (Å²) in [6.45, 7) is 0.566. The fourth-order valence-corrected chi connectivity index (χ4v) is 3.21. The Bertz CT molecular complexity index is 935. The van der Waals surface area contributed by atoms with Crippen molar-refractivity contribution in [3.8, 4) is 0 Å². The van der Waals surface area contributed by atoms with Crippen LogP contribution in [0.5, 0.6) is 0 Å². The monoisotopic (exact) mass is 457 g/mol. The Morgan fingerprint density at radius 1 is 0.879 bits per heavy atom. The van der Waals surface area contributed by atoms with E-state index in [4.69, 9.17) is 4.84 Å². The van der Waals surface area contributed by atoms with Gasteiger partial charge in [-0.1, -0.05) is 26.0 Å². The lowest BCUT2D eigenvalue weighted by atomic mass is 10.1. The van der Waals surface area contributed by atoms with Gasteiger partial charge >= 0.3 is 5.97 Å². The van der Waals surface area contributed by atoms with Crippen molar-refractivity contribution in [3.63, 3.8) is 0 Å². The maximum atomic E-state index is 12.2. The highest BCUT2D eigenvalue weighted by molar-refractivity contribution is 6.12. The topological polar surface area (TPSA) is 130 Å². The molecule has 0 aliphatic carbocycles. The van der Waals surface area contributed by atoms with Crippen LogP contribution in [0.25, 0.3) is 0 Å². The van der Waals surface area contributed by atoms with Crippen molar-refractivity contribution in [3.05, 3.63) is 47.5 Å². The van der Waals surface area contributed by atoms with E-state index < -0.39 is 17.8 Å². The summed E-state index contributed by atoms with van der Waals surface area (Å²) < 4.78 is 0. The molecule has 1 fully saturated rings. The molecular formula is C23H27N3O7. The molecule has 2 aliphatic rings. The van der Waals surface area contributed by atoms with Crippen molar-refractivity contribution in [1.29, 1.82) is 0 Å². The largest absolute Gasteiger partial charge is 0.352 e. The highest BCUT2D eigenvalue weighted by atomic mass is 16.7. The van der Waals surface area contributed by atoms with Crippen LogP contribution in [0.2, 0.25) is 0 Å². The van der Waals surface area contributed by atoms with Crippen LogP contribution in [0, 0.1) is 0 Å². The van der Waals surface area contributed by atoms with E-state index >= 15 is 0 Å². The lowest BCUT2D eigenvalue weighted by molar-refractivity contribution is -0.197. The number of hydrogen-bond acceptors (Lipinski definition) is 7. The predicted octanol–water partition coefficient (Wildman–Crippen LogP) is 1.65. The maximum Gasteiger partial charge on any atom is 0.333 e. The number of carbonyl (C=O) groups is 6. The summed E-state index contributed by atoms with van der Waals surface area (Å²) in [5.41, 5.74) is 1.19. The number of hydrogen-bond donors (Lipinski definition) is 1. The van der Waals surface area contributed by atoms with Crippen molar-refractivity contribution in [2.75, 3.05) is 6.54 Å². The zero-order valence-corrected chi connectivity index (χ0v) is 17.4. The molecule has 10 nitrogen and oxygen atoms in total. The summed E-state index contributed by atoms with van der Waals surface area (Å²) in [4.78, 5) is 75.8. The molecule has 5 amide bonds. The van der Waals surface area contributed by atoms with E-state index in [1.54, 1.807) is 24.3 Å². The smallest absolute Gasteiger partial charge is 0.333 e. The molecule has 3 rings (SSSR count). The SMILES string of the molecule is C.O=C(CCCCCNC(=O)c1ccc(CN2C(=O)C=CC2=O)cc1)ON1C(=O)CCC1=O. The van der Waals surface area contributed by atoms with Gasteiger partial charge in [-0.2, -0.15) is 0 Å². The number of rotatable bonds is 10. The molecule has 1 N–H and O–H groups in total. The molecule has 176 valence electrons. The number of nitrogens with zero attached hydrogens (tertiary/aromatic N) is 2. The van der Waals surface area contributed by atoms with Gasteiger partial charge in [-0.05, 0) is 30.5 Å². The molecule has 33 heavy (non-hydrogen) atoms. The average molecular weight is 457 g/mol. The van der Waals surface area contributed by atoms with Crippen LogP contribution in [0.1, 0.15) is 61.9 Å². The summed E-state index contributed by atoms with van der Waals surface area (Å²) in [5, 5.41) is 3.32. The van der Waals surface area contributed by atoms with Crippen molar-refractivity contribution >= 4 is 35.5 Å². The summed E-state index contributed by atoms with van der Waals surface area (Å²) in [5.74, 6) is -2.61. The zero-order valence-electron chi connectivity index (χ0n) is 17.4. The van der Waals surface area contributed by atoms with Crippen molar-refractivity contribution in [2.24, 2.45) is 0 Å². The van der Waals surface area contributed by atoms with Gasteiger partial charge in [0.1, 0.15) is 0 Å². The quantitative estimate of drug-likeness (QED) is 0.418. The first kappa shape index (κ1) is 25.4. The fraction of sp³-hybridized carbons (Fsp3) is 0.391. The van der Waals surface area contributed by atoms with Gasteiger partial charge in [0.05, 0.1) is 6.54 Å². The Balaban J connectivity index is 0.00000385. The third-order valence-corrected chi connectivity index (χ3v) is 5.00. The molecular weight excluding hydrogens is 430 g/mol. The Hall–Kier alpha value is -3.82. The Kier molecular flexibility index (Phi) is 9.02. The number of hydroxylamine groups is 2. The molecule has 1 aromatic rings. The molecule has 10 heteroatoms. The number of unbranched alkanes of at least 4 members (excludes halogenated alkanes) is 2. The lowest BCUT2D eigenvalue weighted by Crippen LogP contribution is -2.31. The number of imide groups is 2. The van der Waals surface area contributed by atoms with Crippen molar-refractivity contribution in [2.45, 2.75) is 52.5 Å². The molecule has 0 aromatic heterocycles. The van der Waals surface area contributed by atoms with Crippen molar-refractivity contribution in [1.82, 2.24) is 15.3 Å². The van der Waals surface area contributed by atoms with Gasteiger partial charge < -0.3 is 10.2 Å². The van der Waals surface area contributed by atoms with E-state index in [2.05, 4.69) is 5.32 Å². The van der Waals surface area contributed by atoms with E-state index in [0.29, 0.717) is 36.4 Å². The van der Waals surface area contributed by atoms with Crippen LogP contribution in [-0.4, -0.2) is 52.0 Å². The molecule has 1 aromatic carbocycles. The third kappa shape index (κ3) is 6.83. The summed E-state index contributed by atoms with van der Waals surface area (Å²) in [7, 11) is 0. The molecule has 0 unspecified atom stereocenters. The normalized spacial score (nSPS) is 15.2. The molecule has 0 bridgehead atoms. The Morgan fingerprint density at radius 2 is 1.48 bits per heavy atom. The molecule has 2 heterocycles. The second-order valence-corrected chi connectivity index (χ2v) is 7.40. The zero-order chi connectivity index (χ0) is 23.1. The minimum atomic E-state index is -0.633. The van der Waals surface area contributed by atoms with Crippen LogP contribution in [0.3, 0.4) is 0 Å². The Labute approximate surface area is 191 Å². The number of nitrogens with one attached hydrogen (secondary N) is 1. The summed E-state index contributed by atoms with van der Waals surface area (Å²) >= 11 is 0. The first-order chi connectivity index (χ1) is 15.3. The van der Waals surface area contributed by atoms with Gasteiger partial charge in [0.2, 0.25) is 0 Å². The number of carbonyl (C=O) groups excluding carboxylic acids is 6. The van der Waals surface area contributed by atoms with E-state index in [9.17, 15) is 28.8 Å². The maximum absolute atomic E-state index is 12.2. The second-order valence-electron chi connectivity index (χ2n) is 7.40. The molecule has 0 spiro atoms.